The van der Waals surface area contributed by atoms with Crippen LogP contribution in [0.2, 0.25) is 0 Å². The maximum absolute atomic E-state index is 5.38. The molecule has 2 aliphatic rings. The molecule has 17 rings (SSSR count). The van der Waals surface area contributed by atoms with Gasteiger partial charge < -0.3 is 0 Å². The average molecular weight is 1040 g/mol. The summed E-state index contributed by atoms with van der Waals surface area (Å²) in [6.45, 7) is 0. The van der Waals surface area contributed by atoms with Crippen molar-refractivity contribution >= 4 is 43.1 Å². The second kappa shape index (κ2) is 18.1. The third-order valence-electron chi connectivity index (χ3n) is 16.5. The molecule has 0 aliphatic heterocycles. The van der Waals surface area contributed by atoms with Crippen LogP contribution in [-0.2, 0) is 0 Å². The fraction of sp³-hybridized carbons (Fsp3) is 0. The van der Waals surface area contributed by atoms with Crippen LogP contribution in [0.1, 0.15) is 0 Å². The fourth-order valence-corrected chi connectivity index (χ4v) is 13.3. The summed E-state index contributed by atoms with van der Waals surface area (Å²) in [6, 6.07) is 68.5. The van der Waals surface area contributed by atoms with E-state index in [4.69, 9.17) is 34.9 Å². The molecule has 0 radical (unpaired) electrons. The molecule has 9 nitrogen and oxygen atoms in total. The number of rotatable bonds is 8. The highest BCUT2D eigenvalue weighted by molar-refractivity contribution is 6.36. The van der Waals surface area contributed by atoms with Gasteiger partial charge in [0.1, 0.15) is 12.7 Å². The normalized spacial score (nSPS) is 11.9. The molecule has 0 unspecified atom stereocenters. The van der Waals surface area contributed by atoms with Gasteiger partial charge in [-0.25, -0.2) is 19.9 Å². The predicted molar refractivity (Wildman–Crippen MR) is 329 cm³/mol. The molecule has 0 spiro atoms. The second-order valence-electron chi connectivity index (χ2n) is 20.7. The first-order chi connectivity index (χ1) is 40.8. The van der Waals surface area contributed by atoms with E-state index in [-0.39, 0.29) is 0 Å². The molecule has 0 amide bonds. The van der Waals surface area contributed by atoms with Gasteiger partial charge in [-0.05, 0) is 138 Å². The van der Waals surface area contributed by atoms with Crippen molar-refractivity contribution in [3.8, 4) is 134 Å². The number of nitrogens with zero attached hydrogens (tertiary/aromatic N) is 9. The smallest absolute Gasteiger partial charge is 0.116 e. The van der Waals surface area contributed by atoms with Crippen molar-refractivity contribution < 1.29 is 0 Å². The van der Waals surface area contributed by atoms with Crippen LogP contribution in [0.25, 0.3) is 178 Å². The largest absolute Gasteiger partial charge is 0.256 e. The first-order valence-electron chi connectivity index (χ1n) is 27.3. The molecule has 2 aliphatic carbocycles. The van der Waals surface area contributed by atoms with Gasteiger partial charge in [0.15, 0.2) is 0 Å². The van der Waals surface area contributed by atoms with Gasteiger partial charge in [0, 0.05) is 110 Å². The third kappa shape index (κ3) is 6.71. The van der Waals surface area contributed by atoms with Crippen molar-refractivity contribution in [1.82, 2.24) is 44.9 Å². The lowest BCUT2D eigenvalue weighted by Crippen LogP contribution is -2.00. The first kappa shape index (κ1) is 45.7. The molecule has 0 bridgehead atoms. The van der Waals surface area contributed by atoms with E-state index >= 15 is 0 Å². The van der Waals surface area contributed by atoms with E-state index in [1.807, 2.05) is 104 Å². The summed E-state index contributed by atoms with van der Waals surface area (Å²) in [7, 11) is 0. The topological polar surface area (TPSA) is 116 Å². The highest BCUT2D eigenvalue weighted by Gasteiger charge is 2.39. The highest BCUT2D eigenvalue weighted by Crippen LogP contribution is 2.65. The van der Waals surface area contributed by atoms with Crippen molar-refractivity contribution in [1.29, 1.82) is 0 Å². The molecule has 0 fully saturated rings. The summed E-state index contributed by atoms with van der Waals surface area (Å²) in [4.78, 5) is 45.4. The Morgan fingerprint density at radius 1 is 0.232 bits per heavy atom. The van der Waals surface area contributed by atoms with E-state index in [2.05, 4.69) is 143 Å². The van der Waals surface area contributed by atoms with Crippen molar-refractivity contribution in [2.24, 2.45) is 0 Å². The minimum Gasteiger partial charge on any atom is -0.256 e. The maximum Gasteiger partial charge on any atom is 0.116 e. The first-order valence-corrected chi connectivity index (χ1v) is 27.3. The van der Waals surface area contributed by atoms with E-state index in [0.29, 0.717) is 0 Å². The lowest BCUT2D eigenvalue weighted by atomic mass is 9.81. The van der Waals surface area contributed by atoms with Gasteiger partial charge in [0.2, 0.25) is 0 Å². The summed E-state index contributed by atoms with van der Waals surface area (Å²) < 4.78 is 0. The standard InChI is InChI=1S/C73H41N9/c1-2-16-42(17-3-1)45-22-14-34-79-70(45)66-46-20-6-7-21-47(46)67(71-48(23-15-35-80-71)57-24-8-11-31-76-57)63-50-28-30-52-61-51(29-27-49(60(50)61)62(63)66)64-65(52)69(73-56(39-75-41-82-73)59-26-10-13-33-78-59)54-37-44-19-5-4-18-43(44)36-53(54)68(64)72-55(38-74-40-81-72)58-25-9-12-32-77-58/h1-41H. The lowest BCUT2D eigenvalue weighted by Gasteiger charge is -2.22. The van der Waals surface area contributed by atoms with Gasteiger partial charge in [0.25, 0.3) is 0 Å². The van der Waals surface area contributed by atoms with Crippen LogP contribution in [0.5, 0.6) is 0 Å². The Morgan fingerprint density at radius 2 is 0.610 bits per heavy atom. The Bertz CT molecular complexity index is 4830. The van der Waals surface area contributed by atoms with E-state index in [9.17, 15) is 0 Å². The molecule has 15 aromatic rings. The van der Waals surface area contributed by atoms with Crippen molar-refractivity contribution in [3.05, 3.63) is 250 Å². The maximum atomic E-state index is 5.38. The van der Waals surface area contributed by atoms with Gasteiger partial charge in [-0.2, -0.15) is 0 Å². The van der Waals surface area contributed by atoms with Gasteiger partial charge in [-0.15, -0.1) is 0 Å². The monoisotopic (exact) mass is 1040 g/mol. The van der Waals surface area contributed by atoms with Gasteiger partial charge >= 0.3 is 0 Å². The number of benzene rings is 8. The van der Waals surface area contributed by atoms with Crippen LogP contribution in [0.4, 0.5) is 0 Å². The molecule has 0 saturated heterocycles. The van der Waals surface area contributed by atoms with Gasteiger partial charge in [0.05, 0.1) is 39.9 Å². The summed E-state index contributed by atoms with van der Waals surface area (Å²) in [5.41, 5.74) is 23.3. The van der Waals surface area contributed by atoms with Crippen LogP contribution in [0.3, 0.4) is 0 Å². The molecule has 0 atom stereocenters. The Kier molecular flexibility index (Phi) is 10.1. The zero-order chi connectivity index (χ0) is 53.8. The summed E-state index contributed by atoms with van der Waals surface area (Å²) in [6.07, 6.45) is 16.5. The minimum atomic E-state index is 0.779. The Labute approximate surface area is 470 Å². The highest BCUT2D eigenvalue weighted by atomic mass is 14.9. The molecule has 82 heavy (non-hydrogen) atoms. The molecular weight excluding hydrogens is 1000 g/mol. The Hall–Kier alpha value is -11.3. The van der Waals surface area contributed by atoms with E-state index in [1.165, 1.54) is 0 Å². The molecule has 0 N–H and O–H groups in total. The van der Waals surface area contributed by atoms with Crippen molar-refractivity contribution in [3.63, 3.8) is 0 Å². The molecule has 0 saturated carbocycles. The van der Waals surface area contributed by atoms with Crippen LogP contribution in [0.15, 0.2) is 250 Å². The number of pyridine rings is 5. The fourth-order valence-electron chi connectivity index (χ4n) is 13.3. The number of hydrogen-bond donors (Lipinski definition) is 0. The molecule has 7 aromatic heterocycles. The van der Waals surface area contributed by atoms with E-state index in [1.54, 1.807) is 12.7 Å². The number of aromatic nitrogens is 9. The molecule has 9 heteroatoms. The van der Waals surface area contributed by atoms with Crippen molar-refractivity contribution in [2.75, 3.05) is 0 Å². The van der Waals surface area contributed by atoms with E-state index < -0.39 is 0 Å². The van der Waals surface area contributed by atoms with Gasteiger partial charge in [-0.1, -0.05) is 127 Å². The molecule has 7 heterocycles. The van der Waals surface area contributed by atoms with Crippen LogP contribution < -0.4 is 0 Å². The second-order valence-corrected chi connectivity index (χ2v) is 20.7. The summed E-state index contributed by atoms with van der Waals surface area (Å²) >= 11 is 0. The number of hydrogen-bond acceptors (Lipinski definition) is 9. The molecule has 8 aromatic carbocycles. The predicted octanol–water partition coefficient (Wildman–Crippen LogP) is 17.5. The minimum absolute atomic E-state index is 0.779. The van der Waals surface area contributed by atoms with Crippen molar-refractivity contribution in [2.45, 2.75) is 0 Å². The van der Waals surface area contributed by atoms with E-state index in [0.717, 1.165) is 178 Å². The van der Waals surface area contributed by atoms with Crippen LogP contribution in [-0.4, -0.2) is 44.9 Å². The Balaban J connectivity index is 1.06. The summed E-state index contributed by atoms with van der Waals surface area (Å²) in [5.74, 6) is 0. The summed E-state index contributed by atoms with van der Waals surface area (Å²) in [5, 5.41) is 8.69. The van der Waals surface area contributed by atoms with Crippen LogP contribution in [0, 0.1) is 0 Å². The number of fused-ring (bicyclic) bond motifs is 9. The zero-order valence-electron chi connectivity index (χ0n) is 43.7. The lowest BCUT2D eigenvalue weighted by molar-refractivity contribution is 1.16. The quantitative estimate of drug-likeness (QED) is 0.137. The SMILES string of the molecule is c1ccc(-c2cccnc2-c2c3c(c(-c4ncccc4-c4ccccn4)c4ccccc24)-c2ccc4c5c(ccc-3c25)-c2c-4c(-c3ncncc3-c3ccccn3)c3cc4ccccc4cc3c2-c2ncncc2-c2ccccn2)cc1. The van der Waals surface area contributed by atoms with Crippen LogP contribution >= 0.6 is 0 Å². The zero-order valence-corrected chi connectivity index (χ0v) is 43.7. The third-order valence-corrected chi connectivity index (χ3v) is 16.5. The average Bonchev–Trinajstić information content (AvgIpc) is 2.67. The Morgan fingerprint density at radius 3 is 1.07 bits per heavy atom. The molecular formula is C73H41N9. The van der Waals surface area contributed by atoms with Gasteiger partial charge in [-0.3, -0.25) is 24.9 Å². The molecule has 378 valence electrons.